The summed E-state index contributed by atoms with van der Waals surface area (Å²) in [6.45, 7) is 0. The van der Waals surface area contributed by atoms with Gasteiger partial charge >= 0.3 is 116 Å². The van der Waals surface area contributed by atoms with E-state index >= 15 is 0 Å². The molecule has 0 aliphatic heterocycles. The molecule has 0 nitrogen and oxygen atoms in total. The molecule has 5 heteroatoms. The van der Waals surface area contributed by atoms with Crippen LogP contribution in [0.3, 0.4) is 0 Å². The fourth-order valence-electron chi connectivity index (χ4n) is 0. The zero-order valence-electron chi connectivity index (χ0n) is 2.62. The van der Waals surface area contributed by atoms with Gasteiger partial charge in [-0.15, -0.1) is 0 Å². The van der Waals surface area contributed by atoms with Crippen molar-refractivity contribution in [2.24, 2.45) is 0 Å². The Labute approximate surface area is 138 Å². The largest absolute Gasteiger partial charge is 0 e. The van der Waals surface area contributed by atoms with Gasteiger partial charge in [0.05, 0.1) is 0 Å². The van der Waals surface area contributed by atoms with Crippen molar-refractivity contribution in [3.05, 3.63) is 0 Å². The van der Waals surface area contributed by atoms with Gasteiger partial charge in [0, 0.05) is 26.2 Å². The Bertz CT molecular complexity index is 9.61. The molecule has 6 radical (unpaired) electrons. The van der Waals surface area contributed by atoms with E-state index in [4.69, 9.17) is 0 Å². The Balaban J connectivity index is 0. The smallest absolute Gasteiger partial charge is 0 e. The number of hydrogen-bond donors (Lipinski definition) is 0. The van der Waals surface area contributed by atoms with Gasteiger partial charge in [-0.3, -0.25) is 0 Å². The van der Waals surface area contributed by atoms with Gasteiger partial charge in [0.2, 0.25) is 0 Å². The summed E-state index contributed by atoms with van der Waals surface area (Å²) in [5, 5.41) is 0. The van der Waals surface area contributed by atoms with Crippen LogP contribution in [0.4, 0.5) is 0 Å². The minimum atomic E-state index is 0. The van der Waals surface area contributed by atoms with Gasteiger partial charge in [0.25, 0.3) is 0 Å². The summed E-state index contributed by atoms with van der Waals surface area (Å²) in [6.07, 6.45) is 0. The maximum Gasteiger partial charge on any atom is 0 e. The molecule has 0 atom stereocenters. The Kier molecular flexibility index (Phi) is 153. The van der Waals surface area contributed by atoms with Crippen molar-refractivity contribution in [2.45, 2.75) is 0 Å². The molecule has 0 fully saturated rings. The van der Waals surface area contributed by atoms with Crippen LogP contribution in [0.2, 0.25) is 0 Å². The normalized spacial score (nSPS) is 0. The molecule has 0 rings (SSSR count). The van der Waals surface area contributed by atoms with Crippen molar-refractivity contribution in [1.29, 1.82) is 0 Å². The molecule has 26 valence electrons. The summed E-state index contributed by atoms with van der Waals surface area (Å²) >= 11 is 0. The molecule has 0 aromatic carbocycles. The van der Waals surface area contributed by atoms with Crippen LogP contribution < -0.4 is 0 Å². The predicted octanol–water partition coefficient (Wildman–Crippen LogP) is -3.67. The Morgan fingerprint density at radius 3 is 0.800 bits per heavy atom. The molecule has 0 aliphatic rings. The van der Waals surface area contributed by atoms with Crippen molar-refractivity contribution < 1.29 is 26.2 Å². The average Bonchev–Trinajstić information content (AvgIpc) is 0. The van der Waals surface area contributed by atoms with Gasteiger partial charge in [-0.1, -0.05) is 0 Å². The maximum absolute atomic E-state index is 0. The molecule has 0 aliphatic carbocycles. The maximum atomic E-state index is 0. The van der Waals surface area contributed by atoms with Gasteiger partial charge in [0.1, 0.15) is 0 Å². The molecule has 0 unspecified atom stereocenters. The fraction of sp³-hybridized carbons (Fsp3) is 0. The van der Waals surface area contributed by atoms with E-state index in [2.05, 4.69) is 0 Å². The van der Waals surface area contributed by atoms with Crippen molar-refractivity contribution in [2.75, 3.05) is 0 Å². The monoisotopic (exact) mass is 674 g/mol. The first-order valence-electron chi connectivity index (χ1n) is 0. The summed E-state index contributed by atoms with van der Waals surface area (Å²) in [4.78, 5) is 0. The predicted molar refractivity (Wildman–Crippen MR) is 34.2 cm³/mol. The van der Waals surface area contributed by atoms with E-state index < -0.39 is 0 Å². The Morgan fingerprint density at radius 1 is 0.800 bits per heavy atom. The van der Waals surface area contributed by atoms with Crippen molar-refractivity contribution in [3.8, 4) is 0 Å². The molecule has 0 bridgehead atoms. The van der Waals surface area contributed by atoms with E-state index in [1.807, 2.05) is 0 Å². The van der Waals surface area contributed by atoms with Gasteiger partial charge in [-0.25, -0.2) is 0 Å². The minimum Gasteiger partial charge on any atom is 0 e. The quantitative estimate of drug-likeness (QED) is 0.233. The van der Waals surface area contributed by atoms with E-state index in [0.29, 0.717) is 0 Å². The molecule has 0 N–H and O–H groups in total. The minimum absolute atomic E-state index is 0. The van der Waals surface area contributed by atoms with Crippen molar-refractivity contribution >= 4 is 116 Å². The molecule has 0 aromatic rings. The SMILES string of the molecule is [CaH2].[PbH2].[PbH2].[SnH2].[Zr]. The van der Waals surface area contributed by atoms with Crippen molar-refractivity contribution in [3.63, 3.8) is 0 Å². The molecular weight excluding hydrogens is 664 g/mol. The van der Waals surface area contributed by atoms with Gasteiger partial charge < -0.3 is 0 Å². The Hall–Kier alpha value is 4.79. The van der Waals surface area contributed by atoms with Crippen LogP contribution >= 0.6 is 0 Å². The van der Waals surface area contributed by atoms with Gasteiger partial charge in [0.15, 0.2) is 0 Å². The third-order valence-corrected chi connectivity index (χ3v) is 0. The van der Waals surface area contributed by atoms with Crippen LogP contribution in [0.5, 0.6) is 0 Å². The first-order chi connectivity index (χ1) is 0. The van der Waals surface area contributed by atoms with E-state index in [1.54, 1.807) is 0 Å². The molecule has 0 aromatic heterocycles. The van der Waals surface area contributed by atoms with Crippen LogP contribution in [0, 0.1) is 0 Å². The summed E-state index contributed by atoms with van der Waals surface area (Å²) in [5.74, 6) is 0. The van der Waals surface area contributed by atoms with Crippen LogP contribution in [-0.2, 0) is 26.2 Å². The number of hydrogen-bond acceptors (Lipinski definition) is 0. The summed E-state index contributed by atoms with van der Waals surface area (Å²) in [6, 6.07) is 0. The van der Waals surface area contributed by atoms with E-state index in [1.165, 1.54) is 0 Å². The van der Waals surface area contributed by atoms with Gasteiger partial charge in [-0.2, -0.15) is 0 Å². The summed E-state index contributed by atoms with van der Waals surface area (Å²) in [5.41, 5.74) is 0. The molecule has 0 spiro atoms. The second-order valence-electron chi connectivity index (χ2n) is 0. The average molecular weight is 672 g/mol. The topological polar surface area (TPSA) is 0 Å². The van der Waals surface area contributed by atoms with E-state index in [0.717, 1.165) is 0 Å². The Morgan fingerprint density at radius 2 is 0.800 bits per heavy atom. The van der Waals surface area contributed by atoms with Crippen LogP contribution in [0.15, 0.2) is 0 Å². The van der Waals surface area contributed by atoms with Crippen molar-refractivity contribution in [1.82, 2.24) is 0 Å². The first-order valence-corrected chi connectivity index (χ1v) is 0. The first kappa shape index (κ1) is 33.0. The molecule has 0 heterocycles. The standard InChI is InChI=1S/Ca.2Pb.Sn.Zr.8H. The molecule has 0 saturated heterocycles. The molecular formula is H8CaPb2SnZr. The second-order valence-corrected chi connectivity index (χ2v) is 0. The van der Waals surface area contributed by atoms with Crippen LogP contribution in [-0.4, -0.2) is 116 Å². The molecule has 0 amide bonds. The number of rotatable bonds is 0. The molecule has 0 saturated carbocycles. The zero-order chi connectivity index (χ0) is 0. The fourth-order valence-corrected chi connectivity index (χ4v) is 0. The zero-order valence-corrected chi connectivity index (χ0v) is 20.1. The second kappa shape index (κ2) is 23.3. The third kappa shape index (κ3) is 17.7. The van der Waals surface area contributed by atoms with Crippen LogP contribution in [0.25, 0.3) is 0 Å². The summed E-state index contributed by atoms with van der Waals surface area (Å²) < 4.78 is 0. The third-order valence-electron chi connectivity index (χ3n) is 0. The van der Waals surface area contributed by atoms with E-state index in [-0.39, 0.29) is 142 Å². The van der Waals surface area contributed by atoms with Crippen LogP contribution in [0.1, 0.15) is 0 Å². The summed E-state index contributed by atoms with van der Waals surface area (Å²) in [7, 11) is 0. The van der Waals surface area contributed by atoms with Gasteiger partial charge in [-0.05, 0) is 0 Å². The van der Waals surface area contributed by atoms with E-state index in [9.17, 15) is 0 Å². The molecule has 5 heavy (non-hydrogen) atoms.